The Bertz CT molecular complexity index is 233. The van der Waals surface area contributed by atoms with Crippen LogP contribution < -0.4 is 0 Å². The van der Waals surface area contributed by atoms with Gasteiger partial charge in [-0.05, 0) is 19.1 Å². The summed E-state index contributed by atoms with van der Waals surface area (Å²) >= 11 is 0. The molecule has 0 atom stereocenters. The third-order valence-electron chi connectivity index (χ3n) is 2.41. The first-order valence-electron chi connectivity index (χ1n) is 6.75. The average molecular weight is 251 g/mol. The summed E-state index contributed by atoms with van der Waals surface area (Å²) in [6, 6.07) is 5.72. The van der Waals surface area contributed by atoms with Gasteiger partial charge in [0.15, 0.2) is 0 Å². The smallest absolute Gasteiger partial charge is 0.302 e. The van der Waals surface area contributed by atoms with Crippen LogP contribution in [0.25, 0.3) is 0 Å². The van der Waals surface area contributed by atoms with Crippen LogP contribution in [-0.4, -0.2) is 17.6 Å². The zero-order chi connectivity index (χ0) is 13.5. The number of carbonyl (C=O) groups is 1. The molecule has 0 amide bonds. The minimum atomic E-state index is -0.211. The van der Waals surface area contributed by atoms with Crippen LogP contribution >= 0.6 is 0 Å². The lowest BCUT2D eigenvalue weighted by Crippen LogP contribution is -1.95. The number of esters is 1. The predicted molar refractivity (Wildman–Crippen MR) is 74.2 cm³/mol. The van der Waals surface area contributed by atoms with Gasteiger partial charge in [-0.2, -0.15) is 0 Å². The van der Waals surface area contributed by atoms with Crippen molar-refractivity contribution in [2.24, 2.45) is 0 Å². The number of ether oxygens (including phenoxy) is 1. The molecule has 0 N–H and O–H groups in total. The molecule has 1 aliphatic carbocycles. The summed E-state index contributed by atoms with van der Waals surface area (Å²) in [4.78, 5) is 13.6. The van der Waals surface area contributed by atoms with E-state index in [9.17, 15) is 4.79 Å². The van der Waals surface area contributed by atoms with Gasteiger partial charge in [0.05, 0.1) is 6.61 Å². The Hall–Kier alpha value is -1.38. The first-order valence-corrected chi connectivity index (χ1v) is 6.75. The Labute approximate surface area is 111 Å². The number of carbonyl (C=O) groups excluding carboxylic acids is 1. The standard InChI is InChI=1S/C6H12.C5H5N.C4H8O2/c2*1-2-4-6-5-3-1;1-3-6-4(2)5/h1-6H2;1-5H;3H2,1-2H3. The molecule has 3 nitrogen and oxygen atoms in total. The number of rotatable bonds is 1. The fraction of sp³-hybridized carbons (Fsp3) is 0.600. The van der Waals surface area contributed by atoms with Gasteiger partial charge in [-0.25, -0.2) is 0 Å². The minimum absolute atomic E-state index is 0.211. The van der Waals surface area contributed by atoms with E-state index in [2.05, 4.69) is 9.72 Å². The summed E-state index contributed by atoms with van der Waals surface area (Å²) in [5.74, 6) is -0.211. The highest BCUT2D eigenvalue weighted by molar-refractivity contribution is 5.65. The Balaban J connectivity index is 0.000000241. The highest BCUT2D eigenvalue weighted by atomic mass is 16.5. The van der Waals surface area contributed by atoms with Gasteiger partial charge in [0.25, 0.3) is 0 Å². The maximum absolute atomic E-state index is 9.82. The van der Waals surface area contributed by atoms with Crippen LogP contribution in [0.5, 0.6) is 0 Å². The van der Waals surface area contributed by atoms with Crippen molar-refractivity contribution in [1.82, 2.24) is 4.98 Å². The van der Waals surface area contributed by atoms with E-state index in [0.29, 0.717) is 6.61 Å². The molecule has 0 spiro atoms. The molecular weight excluding hydrogens is 226 g/mol. The van der Waals surface area contributed by atoms with Crippen LogP contribution in [0.3, 0.4) is 0 Å². The zero-order valence-corrected chi connectivity index (χ0v) is 11.6. The lowest BCUT2D eigenvalue weighted by Gasteiger charge is -2.05. The van der Waals surface area contributed by atoms with Crippen molar-refractivity contribution >= 4 is 5.97 Å². The topological polar surface area (TPSA) is 39.2 Å². The van der Waals surface area contributed by atoms with Crippen molar-refractivity contribution in [2.45, 2.75) is 52.4 Å². The molecule has 18 heavy (non-hydrogen) atoms. The lowest BCUT2D eigenvalue weighted by molar-refractivity contribution is -0.140. The van der Waals surface area contributed by atoms with Gasteiger partial charge in [-0.1, -0.05) is 44.6 Å². The Kier molecular flexibility index (Phi) is 12.6. The number of hydrogen-bond donors (Lipinski definition) is 0. The van der Waals surface area contributed by atoms with Crippen molar-refractivity contribution < 1.29 is 9.53 Å². The molecule has 1 fully saturated rings. The summed E-state index contributed by atoms with van der Waals surface area (Å²) < 4.78 is 4.40. The van der Waals surface area contributed by atoms with Crippen molar-refractivity contribution in [2.75, 3.05) is 6.61 Å². The first kappa shape index (κ1) is 16.6. The van der Waals surface area contributed by atoms with Crippen LogP contribution in [0, 0.1) is 0 Å². The highest BCUT2D eigenvalue weighted by Crippen LogP contribution is 2.15. The van der Waals surface area contributed by atoms with Crippen LogP contribution in [0.15, 0.2) is 30.6 Å². The summed E-state index contributed by atoms with van der Waals surface area (Å²) in [6.07, 6.45) is 12.5. The van der Waals surface area contributed by atoms with E-state index >= 15 is 0 Å². The van der Waals surface area contributed by atoms with Crippen LogP contribution in [0.4, 0.5) is 0 Å². The molecule has 0 aliphatic heterocycles. The molecule has 0 saturated heterocycles. The molecule has 0 bridgehead atoms. The van der Waals surface area contributed by atoms with E-state index in [1.54, 1.807) is 19.3 Å². The molecule has 3 heteroatoms. The molecule has 102 valence electrons. The van der Waals surface area contributed by atoms with Crippen molar-refractivity contribution in [3.05, 3.63) is 30.6 Å². The first-order chi connectivity index (χ1) is 8.77. The van der Waals surface area contributed by atoms with Gasteiger partial charge in [-0.3, -0.25) is 9.78 Å². The minimum Gasteiger partial charge on any atom is -0.466 e. The lowest BCUT2D eigenvalue weighted by atomic mass is 10.0. The Morgan fingerprint density at radius 1 is 1.00 bits per heavy atom. The largest absolute Gasteiger partial charge is 0.466 e. The van der Waals surface area contributed by atoms with Crippen molar-refractivity contribution in [1.29, 1.82) is 0 Å². The van der Waals surface area contributed by atoms with E-state index in [0.717, 1.165) is 0 Å². The maximum atomic E-state index is 9.82. The predicted octanol–water partition coefficient (Wildman–Crippen LogP) is 3.99. The van der Waals surface area contributed by atoms with Gasteiger partial charge < -0.3 is 4.74 Å². The SMILES string of the molecule is C1CCCCC1.CCOC(C)=O.c1ccncc1. The third kappa shape index (κ3) is 14.6. The van der Waals surface area contributed by atoms with E-state index in [1.165, 1.54) is 45.4 Å². The van der Waals surface area contributed by atoms with Gasteiger partial charge in [0, 0.05) is 19.3 Å². The molecular formula is C15H25NO2. The summed E-state index contributed by atoms with van der Waals surface area (Å²) in [5, 5.41) is 0. The second kappa shape index (κ2) is 13.7. The quantitative estimate of drug-likeness (QED) is 0.708. The molecule has 1 aromatic rings. The molecule has 2 rings (SSSR count). The van der Waals surface area contributed by atoms with Crippen LogP contribution in [0.2, 0.25) is 0 Å². The average Bonchev–Trinajstić information content (AvgIpc) is 2.44. The fourth-order valence-corrected chi connectivity index (χ4v) is 1.58. The number of aromatic nitrogens is 1. The maximum Gasteiger partial charge on any atom is 0.302 e. The molecule has 0 unspecified atom stereocenters. The van der Waals surface area contributed by atoms with Gasteiger partial charge in [-0.15, -0.1) is 0 Å². The third-order valence-corrected chi connectivity index (χ3v) is 2.41. The monoisotopic (exact) mass is 251 g/mol. The van der Waals surface area contributed by atoms with Crippen molar-refractivity contribution in [3.63, 3.8) is 0 Å². The van der Waals surface area contributed by atoms with Crippen LogP contribution in [0.1, 0.15) is 52.4 Å². The Morgan fingerprint density at radius 3 is 1.56 bits per heavy atom. The van der Waals surface area contributed by atoms with E-state index < -0.39 is 0 Å². The summed E-state index contributed by atoms with van der Waals surface area (Å²) in [5.41, 5.74) is 0. The van der Waals surface area contributed by atoms with Crippen LogP contribution in [-0.2, 0) is 9.53 Å². The second-order valence-electron chi connectivity index (χ2n) is 4.07. The van der Waals surface area contributed by atoms with E-state index in [-0.39, 0.29) is 5.97 Å². The van der Waals surface area contributed by atoms with E-state index in [1.807, 2.05) is 18.2 Å². The van der Waals surface area contributed by atoms with E-state index in [4.69, 9.17) is 0 Å². The van der Waals surface area contributed by atoms with Gasteiger partial charge in [0.2, 0.25) is 0 Å². The Morgan fingerprint density at radius 2 is 1.44 bits per heavy atom. The zero-order valence-electron chi connectivity index (χ0n) is 11.6. The van der Waals surface area contributed by atoms with Gasteiger partial charge in [0.1, 0.15) is 0 Å². The number of pyridine rings is 1. The summed E-state index contributed by atoms with van der Waals surface area (Å²) in [7, 11) is 0. The molecule has 0 radical (unpaired) electrons. The molecule has 1 aliphatic rings. The van der Waals surface area contributed by atoms with Crippen molar-refractivity contribution in [3.8, 4) is 0 Å². The molecule has 1 saturated carbocycles. The molecule has 0 aromatic carbocycles. The second-order valence-corrected chi connectivity index (χ2v) is 4.07. The normalized spacial score (nSPS) is 13.2. The molecule has 1 heterocycles. The highest BCUT2D eigenvalue weighted by Gasteiger charge is 1.95. The number of hydrogen-bond acceptors (Lipinski definition) is 3. The summed E-state index contributed by atoms with van der Waals surface area (Å²) in [6.45, 7) is 3.65. The molecule has 1 aromatic heterocycles. The fourth-order valence-electron chi connectivity index (χ4n) is 1.58. The van der Waals surface area contributed by atoms with Gasteiger partial charge >= 0.3 is 5.97 Å². The number of nitrogens with zero attached hydrogens (tertiary/aromatic N) is 1.